The second-order valence-electron chi connectivity index (χ2n) is 7.94. The lowest BCUT2D eigenvalue weighted by Gasteiger charge is -2.29. The SMILES string of the molecule is CCN1/C(=C/C=C/C2=CC(=C(C#N)C#N)C=C(/C=C/c3ccc(OC)cc3)O2)C=Cc2ccccc21. The van der Waals surface area contributed by atoms with Crippen LogP contribution in [0, 0.1) is 22.7 Å². The maximum atomic E-state index is 9.39. The van der Waals surface area contributed by atoms with E-state index in [-0.39, 0.29) is 5.57 Å². The zero-order chi connectivity index (χ0) is 25.3. The van der Waals surface area contributed by atoms with E-state index in [9.17, 15) is 10.5 Å². The Bertz CT molecular complexity index is 1420. The molecule has 0 fully saturated rings. The summed E-state index contributed by atoms with van der Waals surface area (Å²) >= 11 is 0. The summed E-state index contributed by atoms with van der Waals surface area (Å²) in [6.45, 7) is 2.96. The van der Waals surface area contributed by atoms with Crippen LogP contribution >= 0.6 is 0 Å². The van der Waals surface area contributed by atoms with Gasteiger partial charge < -0.3 is 14.4 Å². The predicted octanol–water partition coefficient (Wildman–Crippen LogP) is 6.84. The number of ether oxygens (including phenoxy) is 2. The van der Waals surface area contributed by atoms with Gasteiger partial charge in [-0.2, -0.15) is 10.5 Å². The summed E-state index contributed by atoms with van der Waals surface area (Å²) in [6, 6.07) is 19.8. The number of nitrogens with zero attached hydrogens (tertiary/aromatic N) is 3. The fraction of sp³-hybridized carbons (Fsp3) is 0.0968. The van der Waals surface area contributed by atoms with Crippen molar-refractivity contribution in [2.24, 2.45) is 0 Å². The molecule has 2 heterocycles. The number of nitriles is 2. The van der Waals surface area contributed by atoms with Crippen LogP contribution in [0.3, 0.4) is 0 Å². The zero-order valence-corrected chi connectivity index (χ0v) is 20.2. The molecule has 2 aliphatic heterocycles. The monoisotopic (exact) mass is 471 g/mol. The molecule has 0 saturated heterocycles. The maximum Gasteiger partial charge on any atom is 0.137 e. The van der Waals surface area contributed by atoms with Gasteiger partial charge in [-0.25, -0.2) is 0 Å². The van der Waals surface area contributed by atoms with Crippen LogP contribution in [0.4, 0.5) is 5.69 Å². The van der Waals surface area contributed by atoms with Gasteiger partial charge in [0.15, 0.2) is 0 Å². The van der Waals surface area contributed by atoms with E-state index in [0.717, 1.165) is 23.6 Å². The van der Waals surface area contributed by atoms with Gasteiger partial charge in [0.05, 0.1) is 7.11 Å². The molecule has 0 unspecified atom stereocenters. The quantitative estimate of drug-likeness (QED) is 0.431. The second-order valence-corrected chi connectivity index (χ2v) is 7.94. The maximum absolute atomic E-state index is 9.39. The van der Waals surface area contributed by atoms with Crippen molar-refractivity contribution in [3.05, 3.63) is 131 Å². The topological polar surface area (TPSA) is 69.3 Å². The summed E-state index contributed by atoms with van der Waals surface area (Å²) in [5.74, 6) is 1.84. The van der Waals surface area contributed by atoms with E-state index >= 15 is 0 Å². The lowest BCUT2D eigenvalue weighted by Crippen LogP contribution is -2.23. The molecule has 0 aliphatic carbocycles. The van der Waals surface area contributed by atoms with E-state index in [1.54, 1.807) is 19.3 Å². The van der Waals surface area contributed by atoms with Crippen molar-refractivity contribution in [3.63, 3.8) is 0 Å². The van der Waals surface area contributed by atoms with Crippen molar-refractivity contribution in [1.29, 1.82) is 10.5 Å². The Morgan fingerprint density at radius 2 is 1.67 bits per heavy atom. The average Bonchev–Trinajstić information content (AvgIpc) is 2.92. The third kappa shape index (κ3) is 5.55. The van der Waals surface area contributed by atoms with Gasteiger partial charge >= 0.3 is 0 Å². The number of benzene rings is 2. The molecule has 176 valence electrons. The molecule has 0 saturated carbocycles. The lowest BCUT2D eigenvalue weighted by molar-refractivity contribution is 0.332. The molecule has 0 atom stereocenters. The third-order valence-corrected chi connectivity index (χ3v) is 5.72. The van der Waals surface area contributed by atoms with Crippen molar-refractivity contribution in [1.82, 2.24) is 0 Å². The number of allylic oxidation sites excluding steroid dienone is 9. The Labute approximate surface area is 211 Å². The first kappa shape index (κ1) is 24.1. The van der Waals surface area contributed by atoms with Gasteiger partial charge in [0.2, 0.25) is 0 Å². The van der Waals surface area contributed by atoms with Crippen LogP contribution < -0.4 is 9.64 Å². The number of hydrogen-bond donors (Lipinski definition) is 0. The van der Waals surface area contributed by atoms with Crippen molar-refractivity contribution in [2.75, 3.05) is 18.6 Å². The van der Waals surface area contributed by atoms with Gasteiger partial charge in [-0.15, -0.1) is 0 Å². The Kier molecular flexibility index (Phi) is 7.66. The first-order valence-electron chi connectivity index (χ1n) is 11.6. The highest BCUT2D eigenvalue weighted by atomic mass is 16.5. The number of likely N-dealkylation sites (N-methyl/N-ethyl adjacent to an activating group) is 1. The highest BCUT2D eigenvalue weighted by Crippen LogP contribution is 2.30. The smallest absolute Gasteiger partial charge is 0.137 e. The van der Waals surface area contributed by atoms with Crippen molar-refractivity contribution >= 4 is 17.8 Å². The fourth-order valence-corrected chi connectivity index (χ4v) is 3.92. The minimum atomic E-state index is 0.0295. The van der Waals surface area contributed by atoms with Crippen molar-refractivity contribution in [3.8, 4) is 17.9 Å². The average molecular weight is 472 g/mol. The van der Waals surface area contributed by atoms with Gasteiger partial charge in [-0.1, -0.05) is 48.6 Å². The minimum absolute atomic E-state index is 0.0295. The summed E-state index contributed by atoms with van der Waals surface area (Å²) in [4.78, 5) is 2.24. The number of rotatable bonds is 6. The normalized spacial score (nSPS) is 15.7. The van der Waals surface area contributed by atoms with Gasteiger partial charge in [0.25, 0.3) is 0 Å². The predicted molar refractivity (Wildman–Crippen MR) is 143 cm³/mol. The van der Waals surface area contributed by atoms with Gasteiger partial charge in [-0.3, -0.25) is 0 Å². The molecule has 0 aromatic heterocycles. The largest absolute Gasteiger partial charge is 0.497 e. The molecule has 0 amide bonds. The minimum Gasteiger partial charge on any atom is -0.497 e. The van der Waals surface area contributed by atoms with Crippen LogP contribution in [-0.2, 0) is 4.74 Å². The van der Waals surface area contributed by atoms with Crippen LogP contribution in [0.25, 0.3) is 12.2 Å². The first-order chi connectivity index (χ1) is 17.6. The summed E-state index contributed by atoms with van der Waals surface area (Å²) in [5.41, 5.74) is 4.92. The van der Waals surface area contributed by atoms with Crippen LogP contribution in [0.15, 0.2) is 119 Å². The summed E-state index contributed by atoms with van der Waals surface area (Å²) in [6.07, 6.45) is 17.1. The van der Waals surface area contributed by atoms with Crippen LogP contribution in [-0.4, -0.2) is 13.7 Å². The summed E-state index contributed by atoms with van der Waals surface area (Å²) in [7, 11) is 1.63. The molecule has 5 heteroatoms. The van der Waals surface area contributed by atoms with Gasteiger partial charge in [0, 0.05) is 23.5 Å². The molecule has 2 aromatic carbocycles. The molecule has 0 spiro atoms. The number of fused-ring (bicyclic) bond motifs is 1. The first-order valence-corrected chi connectivity index (χ1v) is 11.6. The summed E-state index contributed by atoms with van der Waals surface area (Å²) < 4.78 is 11.2. The number of methoxy groups -OCH3 is 1. The van der Waals surface area contributed by atoms with Gasteiger partial charge in [-0.05, 0) is 72.7 Å². The Morgan fingerprint density at radius 1 is 0.944 bits per heavy atom. The van der Waals surface area contributed by atoms with E-state index in [2.05, 4.69) is 36.1 Å². The third-order valence-electron chi connectivity index (χ3n) is 5.72. The van der Waals surface area contributed by atoms with Crippen molar-refractivity contribution in [2.45, 2.75) is 6.92 Å². The van der Waals surface area contributed by atoms with E-state index in [4.69, 9.17) is 9.47 Å². The van der Waals surface area contributed by atoms with E-state index < -0.39 is 0 Å². The molecule has 4 rings (SSSR count). The summed E-state index contributed by atoms with van der Waals surface area (Å²) in [5, 5.41) is 18.8. The van der Waals surface area contributed by atoms with Crippen LogP contribution in [0.5, 0.6) is 5.75 Å². The molecule has 0 N–H and O–H groups in total. The zero-order valence-electron chi connectivity index (χ0n) is 20.2. The molecule has 0 bridgehead atoms. The molecule has 2 aliphatic rings. The number of para-hydroxylation sites is 1. The number of hydrogen-bond acceptors (Lipinski definition) is 5. The molecule has 0 radical (unpaired) electrons. The highest BCUT2D eigenvalue weighted by molar-refractivity contribution is 5.76. The lowest BCUT2D eigenvalue weighted by atomic mass is 10.0. The molecular formula is C31H25N3O2. The highest BCUT2D eigenvalue weighted by Gasteiger charge is 2.15. The van der Waals surface area contributed by atoms with Gasteiger partial charge in [0.1, 0.15) is 35.0 Å². The van der Waals surface area contributed by atoms with E-state index in [0.29, 0.717) is 17.1 Å². The fourth-order valence-electron chi connectivity index (χ4n) is 3.92. The Morgan fingerprint density at radius 3 is 2.36 bits per heavy atom. The Hall–Kier alpha value is -5.00. The van der Waals surface area contributed by atoms with Crippen LogP contribution in [0.2, 0.25) is 0 Å². The van der Waals surface area contributed by atoms with E-state index in [1.165, 1.54) is 11.3 Å². The molecule has 2 aromatic rings. The molecule has 5 nitrogen and oxygen atoms in total. The standard InChI is InChI=1S/C31H25N3O2/c1-3-34-27(15-14-24-7-4-5-10-31(24)34)8-6-9-29-19-25(26(21-32)22-33)20-30(36-29)18-13-23-11-16-28(35-2)17-12-23/h4-20H,3H2,1-2H3/b9-6+,18-13+,27-8+. The van der Waals surface area contributed by atoms with Crippen molar-refractivity contribution < 1.29 is 9.47 Å². The molecular weight excluding hydrogens is 446 g/mol. The molecule has 36 heavy (non-hydrogen) atoms. The van der Waals surface area contributed by atoms with Crippen LogP contribution in [0.1, 0.15) is 18.1 Å². The number of anilines is 1. The Balaban J connectivity index is 1.58. The second kappa shape index (κ2) is 11.4. The van der Waals surface area contributed by atoms with E-state index in [1.807, 2.05) is 78.9 Å².